The average molecular weight is 182 g/mol. The zero-order valence-electron chi connectivity index (χ0n) is 7.03. The third kappa shape index (κ3) is 1.99. The Morgan fingerprint density at radius 3 is 3.00 bits per heavy atom. The molecule has 1 aromatic heterocycles. The highest BCUT2D eigenvalue weighted by atomic mass is 16.5. The summed E-state index contributed by atoms with van der Waals surface area (Å²) in [5.41, 5.74) is -0.286. The number of carbonyl (C=O) groups is 1. The molecule has 1 heterocycles. The van der Waals surface area contributed by atoms with E-state index in [0.717, 1.165) is 17.6 Å². The fourth-order valence-corrected chi connectivity index (χ4v) is 1.04. The average Bonchev–Trinajstić information content (AvgIpc) is 2.79. The van der Waals surface area contributed by atoms with Crippen molar-refractivity contribution in [3.63, 3.8) is 0 Å². The zero-order chi connectivity index (χ0) is 9.26. The van der Waals surface area contributed by atoms with Gasteiger partial charge in [-0.25, -0.2) is 0 Å². The first-order chi connectivity index (χ1) is 6.25. The van der Waals surface area contributed by atoms with Crippen molar-refractivity contribution < 1.29 is 9.32 Å². The summed E-state index contributed by atoms with van der Waals surface area (Å²) in [5.74, 6) is -0.167. The van der Waals surface area contributed by atoms with Gasteiger partial charge in [-0.1, -0.05) is 0 Å². The Morgan fingerprint density at radius 1 is 1.69 bits per heavy atom. The maximum atomic E-state index is 11.2. The van der Waals surface area contributed by atoms with Gasteiger partial charge < -0.3 is 9.84 Å². The quantitative estimate of drug-likeness (QED) is 0.699. The van der Waals surface area contributed by atoms with Crippen LogP contribution in [0.5, 0.6) is 0 Å². The SMILES string of the molecule is O=C(Cn1occc1=O)NC1CC1. The molecule has 1 amide bonds. The van der Waals surface area contributed by atoms with Crippen molar-refractivity contribution in [1.29, 1.82) is 0 Å². The van der Waals surface area contributed by atoms with E-state index in [1.165, 1.54) is 12.3 Å². The molecule has 1 aliphatic carbocycles. The first-order valence-electron chi connectivity index (χ1n) is 4.20. The maximum Gasteiger partial charge on any atom is 0.282 e. The van der Waals surface area contributed by atoms with Gasteiger partial charge in [0.25, 0.3) is 5.56 Å². The lowest BCUT2D eigenvalue weighted by Gasteiger charge is -2.01. The van der Waals surface area contributed by atoms with Crippen LogP contribution in [0.25, 0.3) is 0 Å². The molecule has 70 valence electrons. The molecule has 0 aromatic carbocycles. The molecule has 2 rings (SSSR count). The van der Waals surface area contributed by atoms with Gasteiger partial charge in [0.2, 0.25) is 5.91 Å². The van der Waals surface area contributed by atoms with Crippen molar-refractivity contribution in [1.82, 2.24) is 10.1 Å². The molecule has 0 unspecified atom stereocenters. The largest absolute Gasteiger partial charge is 0.384 e. The van der Waals surface area contributed by atoms with Gasteiger partial charge in [-0.3, -0.25) is 9.59 Å². The Bertz CT molecular complexity index is 361. The topological polar surface area (TPSA) is 64.2 Å². The molecule has 0 radical (unpaired) electrons. The van der Waals surface area contributed by atoms with Gasteiger partial charge in [0, 0.05) is 12.1 Å². The second-order valence-electron chi connectivity index (χ2n) is 3.12. The Morgan fingerprint density at radius 2 is 2.46 bits per heavy atom. The van der Waals surface area contributed by atoms with Crippen LogP contribution in [-0.4, -0.2) is 16.7 Å². The van der Waals surface area contributed by atoms with E-state index < -0.39 is 0 Å². The minimum absolute atomic E-state index is 0.0255. The minimum Gasteiger partial charge on any atom is -0.384 e. The number of amides is 1. The van der Waals surface area contributed by atoms with Gasteiger partial charge in [-0.2, -0.15) is 4.74 Å². The van der Waals surface area contributed by atoms with E-state index in [4.69, 9.17) is 4.52 Å². The van der Waals surface area contributed by atoms with Gasteiger partial charge in [0.05, 0.1) is 0 Å². The highest BCUT2D eigenvalue weighted by molar-refractivity contribution is 5.76. The van der Waals surface area contributed by atoms with Crippen LogP contribution in [-0.2, 0) is 11.3 Å². The molecule has 1 fully saturated rings. The minimum atomic E-state index is -0.286. The lowest BCUT2D eigenvalue weighted by molar-refractivity contribution is -0.122. The van der Waals surface area contributed by atoms with Crippen molar-refractivity contribution in [3.8, 4) is 0 Å². The Labute approximate surface area is 74.3 Å². The van der Waals surface area contributed by atoms with Crippen molar-refractivity contribution in [2.75, 3.05) is 0 Å². The van der Waals surface area contributed by atoms with E-state index in [2.05, 4.69) is 5.32 Å². The van der Waals surface area contributed by atoms with E-state index in [9.17, 15) is 9.59 Å². The molecule has 0 spiro atoms. The lowest BCUT2D eigenvalue weighted by Crippen LogP contribution is -2.31. The summed E-state index contributed by atoms with van der Waals surface area (Å²) >= 11 is 0. The van der Waals surface area contributed by atoms with Crippen LogP contribution in [0, 0.1) is 0 Å². The Hall–Kier alpha value is -1.52. The normalized spacial score (nSPS) is 15.7. The van der Waals surface area contributed by atoms with E-state index in [0.29, 0.717) is 6.04 Å². The summed E-state index contributed by atoms with van der Waals surface area (Å²) in [7, 11) is 0. The molecule has 1 aromatic rings. The number of nitrogens with one attached hydrogen (secondary N) is 1. The Balaban J connectivity index is 1.93. The summed E-state index contributed by atoms with van der Waals surface area (Å²) in [6, 6.07) is 1.60. The molecule has 5 nitrogen and oxygen atoms in total. The van der Waals surface area contributed by atoms with Crippen LogP contribution in [0.15, 0.2) is 21.6 Å². The van der Waals surface area contributed by atoms with Crippen molar-refractivity contribution >= 4 is 5.91 Å². The molecule has 0 saturated heterocycles. The maximum absolute atomic E-state index is 11.2. The number of hydrogen-bond donors (Lipinski definition) is 1. The van der Waals surface area contributed by atoms with Crippen LogP contribution in [0.3, 0.4) is 0 Å². The summed E-state index contributed by atoms with van der Waals surface area (Å²) in [6.07, 6.45) is 3.35. The standard InChI is InChI=1S/C8H10N2O3/c11-7(9-6-1-2-6)5-10-8(12)3-4-13-10/h3-4,6H,1-2,5H2,(H,9,11). The van der Waals surface area contributed by atoms with Gasteiger partial charge in [-0.15, -0.1) is 0 Å². The van der Waals surface area contributed by atoms with Crippen molar-refractivity contribution in [3.05, 3.63) is 22.7 Å². The smallest absolute Gasteiger partial charge is 0.282 e. The summed E-state index contributed by atoms with van der Waals surface area (Å²) in [5, 5.41) is 2.76. The summed E-state index contributed by atoms with van der Waals surface area (Å²) < 4.78 is 5.81. The molecule has 1 N–H and O–H groups in total. The summed E-state index contributed by atoms with van der Waals surface area (Å²) in [4.78, 5) is 22.1. The molecule has 13 heavy (non-hydrogen) atoms. The van der Waals surface area contributed by atoms with Gasteiger partial charge in [-0.05, 0) is 12.8 Å². The second kappa shape index (κ2) is 3.08. The van der Waals surface area contributed by atoms with Gasteiger partial charge in [0.1, 0.15) is 12.8 Å². The van der Waals surface area contributed by atoms with Crippen LogP contribution in [0.4, 0.5) is 0 Å². The van der Waals surface area contributed by atoms with Gasteiger partial charge in [0.15, 0.2) is 0 Å². The fourth-order valence-electron chi connectivity index (χ4n) is 1.04. The third-order valence-corrected chi connectivity index (χ3v) is 1.87. The number of hydrogen-bond acceptors (Lipinski definition) is 3. The number of rotatable bonds is 3. The summed E-state index contributed by atoms with van der Waals surface area (Å²) in [6.45, 7) is -0.0255. The molecule has 5 heteroatoms. The lowest BCUT2D eigenvalue weighted by atomic mass is 10.5. The van der Waals surface area contributed by atoms with E-state index in [1.54, 1.807) is 0 Å². The van der Waals surface area contributed by atoms with E-state index >= 15 is 0 Å². The van der Waals surface area contributed by atoms with Crippen LogP contribution in [0.2, 0.25) is 0 Å². The number of aromatic nitrogens is 1. The highest BCUT2D eigenvalue weighted by Gasteiger charge is 2.23. The molecule has 0 bridgehead atoms. The monoisotopic (exact) mass is 182 g/mol. The van der Waals surface area contributed by atoms with Crippen LogP contribution in [0.1, 0.15) is 12.8 Å². The molecular weight excluding hydrogens is 172 g/mol. The third-order valence-electron chi connectivity index (χ3n) is 1.87. The number of carbonyl (C=O) groups excluding carboxylic acids is 1. The molecule has 1 aliphatic rings. The first kappa shape index (κ1) is 8.10. The van der Waals surface area contributed by atoms with Crippen LogP contribution < -0.4 is 10.9 Å². The molecule has 0 atom stereocenters. The van der Waals surface area contributed by atoms with Crippen molar-refractivity contribution in [2.45, 2.75) is 25.4 Å². The van der Waals surface area contributed by atoms with E-state index in [1.807, 2.05) is 0 Å². The highest BCUT2D eigenvalue weighted by Crippen LogP contribution is 2.18. The molecular formula is C8H10N2O3. The first-order valence-corrected chi connectivity index (χ1v) is 4.20. The van der Waals surface area contributed by atoms with Crippen molar-refractivity contribution in [2.24, 2.45) is 0 Å². The van der Waals surface area contributed by atoms with E-state index in [-0.39, 0.29) is 18.0 Å². The molecule has 1 saturated carbocycles. The zero-order valence-corrected chi connectivity index (χ0v) is 7.03. The van der Waals surface area contributed by atoms with Gasteiger partial charge >= 0.3 is 0 Å². The number of nitrogens with zero attached hydrogens (tertiary/aromatic N) is 1. The van der Waals surface area contributed by atoms with Crippen LogP contribution >= 0.6 is 0 Å². The second-order valence-corrected chi connectivity index (χ2v) is 3.12. The Kier molecular flexibility index (Phi) is 1.92. The fraction of sp³-hybridized carbons (Fsp3) is 0.500. The molecule has 0 aliphatic heterocycles. The predicted molar refractivity (Wildman–Crippen MR) is 44.1 cm³/mol. The predicted octanol–water partition coefficient (Wildman–Crippen LogP) is -0.280.